The molecule has 2 heterocycles. The highest BCUT2D eigenvalue weighted by Crippen LogP contribution is 2.23. The molecule has 1 atom stereocenters. The highest BCUT2D eigenvalue weighted by Gasteiger charge is 2.21. The molecule has 6 heteroatoms. The van der Waals surface area contributed by atoms with E-state index in [1.807, 2.05) is 80.5 Å². The summed E-state index contributed by atoms with van der Waals surface area (Å²) in [5, 5.41) is 0. The van der Waals surface area contributed by atoms with E-state index in [-0.39, 0.29) is 11.7 Å². The number of anilines is 1. The van der Waals surface area contributed by atoms with Crippen molar-refractivity contribution in [3.05, 3.63) is 83.0 Å². The second-order valence-corrected chi connectivity index (χ2v) is 6.69. The van der Waals surface area contributed by atoms with Crippen LogP contribution in [0, 0.1) is 0 Å². The third-order valence-corrected chi connectivity index (χ3v) is 4.77. The molecule has 0 amide bonds. The Hall–Kier alpha value is -3.41. The van der Waals surface area contributed by atoms with Crippen LogP contribution in [0.15, 0.2) is 71.8 Å². The van der Waals surface area contributed by atoms with Crippen molar-refractivity contribution >= 4 is 17.0 Å². The van der Waals surface area contributed by atoms with Crippen LogP contribution in [0.25, 0.3) is 17.0 Å². The van der Waals surface area contributed by atoms with Crippen LogP contribution >= 0.6 is 0 Å². The molecule has 6 nitrogen and oxygen atoms in total. The molecule has 0 saturated heterocycles. The van der Waals surface area contributed by atoms with Crippen LogP contribution in [0.2, 0.25) is 0 Å². The van der Waals surface area contributed by atoms with E-state index < -0.39 is 0 Å². The predicted octanol–water partition coefficient (Wildman–Crippen LogP) is 3.26. The minimum absolute atomic E-state index is 0.150. The van der Waals surface area contributed by atoms with Gasteiger partial charge in [0.1, 0.15) is 0 Å². The summed E-state index contributed by atoms with van der Waals surface area (Å²) in [6.07, 6.45) is 3.24. The van der Waals surface area contributed by atoms with Crippen molar-refractivity contribution in [1.29, 1.82) is 0 Å². The summed E-state index contributed by atoms with van der Waals surface area (Å²) >= 11 is 0. The highest BCUT2D eigenvalue weighted by atomic mass is 16.2. The second-order valence-electron chi connectivity index (χ2n) is 6.69. The molecule has 136 valence electrons. The first-order chi connectivity index (χ1) is 13.1. The molecule has 4 aromatic rings. The first kappa shape index (κ1) is 17.0. The van der Waals surface area contributed by atoms with Gasteiger partial charge in [-0.25, -0.2) is 19.3 Å². The third kappa shape index (κ3) is 2.89. The van der Waals surface area contributed by atoms with Crippen LogP contribution in [0.4, 0.5) is 5.69 Å². The summed E-state index contributed by atoms with van der Waals surface area (Å²) in [6.45, 7) is 2.01. The van der Waals surface area contributed by atoms with E-state index in [2.05, 4.69) is 9.97 Å². The van der Waals surface area contributed by atoms with Crippen LogP contribution < -0.4 is 10.6 Å². The Kier molecular flexibility index (Phi) is 4.24. The number of hydrogen-bond acceptors (Lipinski definition) is 4. The second kappa shape index (κ2) is 6.72. The molecule has 0 bridgehead atoms. The van der Waals surface area contributed by atoms with Gasteiger partial charge in [0.2, 0.25) is 0 Å². The van der Waals surface area contributed by atoms with Gasteiger partial charge in [-0.1, -0.05) is 36.4 Å². The molecular formula is C21H21N5O. The first-order valence-corrected chi connectivity index (χ1v) is 8.84. The van der Waals surface area contributed by atoms with Crippen molar-refractivity contribution in [3.8, 4) is 5.69 Å². The normalized spacial score (nSPS) is 12.3. The Bertz CT molecular complexity index is 1140. The minimum atomic E-state index is -0.156. The Morgan fingerprint density at radius 2 is 1.63 bits per heavy atom. The molecule has 0 N–H and O–H groups in total. The van der Waals surface area contributed by atoms with E-state index in [0.717, 1.165) is 16.9 Å². The standard InChI is InChI=1S/C21H21N5O/c1-15(16-8-5-4-6-9-16)25-19-20(23-13-12-22-19)26(21(25)27)18-11-7-10-17(14-18)24(2)3/h4-15H,1-3H3. The van der Waals surface area contributed by atoms with Gasteiger partial charge < -0.3 is 4.90 Å². The number of benzene rings is 2. The van der Waals surface area contributed by atoms with Crippen LogP contribution in [0.3, 0.4) is 0 Å². The molecule has 0 saturated carbocycles. The van der Waals surface area contributed by atoms with E-state index in [1.165, 1.54) is 0 Å². The number of nitrogens with zero attached hydrogens (tertiary/aromatic N) is 5. The number of hydrogen-bond donors (Lipinski definition) is 0. The summed E-state index contributed by atoms with van der Waals surface area (Å²) in [4.78, 5) is 24.3. The van der Waals surface area contributed by atoms with Crippen LogP contribution in [-0.2, 0) is 0 Å². The highest BCUT2D eigenvalue weighted by molar-refractivity contribution is 5.70. The summed E-state index contributed by atoms with van der Waals surface area (Å²) in [6, 6.07) is 17.6. The Morgan fingerprint density at radius 3 is 2.33 bits per heavy atom. The Balaban J connectivity index is 1.97. The lowest BCUT2D eigenvalue weighted by Gasteiger charge is -2.14. The minimum Gasteiger partial charge on any atom is -0.378 e. The average Bonchev–Trinajstić information content (AvgIpc) is 3.00. The largest absolute Gasteiger partial charge is 0.378 e. The fraction of sp³-hybridized carbons (Fsp3) is 0.190. The van der Waals surface area contributed by atoms with Gasteiger partial charge in [0.15, 0.2) is 11.3 Å². The molecule has 2 aromatic heterocycles. The monoisotopic (exact) mass is 359 g/mol. The Labute approximate surface area is 157 Å². The molecule has 2 aromatic carbocycles. The summed E-state index contributed by atoms with van der Waals surface area (Å²) in [5.41, 5.74) is 3.82. The molecule has 4 rings (SSSR count). The predicted molar refractivity (Wildman–Crippen MR) is 108 cm³/mol. The number of fused-ring (bicyclic) bond motifs is 1. The zero-order chi connectivity index (χ0) is 19.0. The Morgan fingerprint density at radius 1 is 0.926 bits per heavy atom. The van der Waals surface area contributed by atoms with E-state index in [4.69, 9.17) is 0 Å². The summed E-state index contributed by atoms with van der Waals surface area (Å²) < 4.78 is 3.34. The molecule has 0 spiro atoms. The van der Waals surface area contributed by atoms with E-state index in [0.29, 0.717) is 11.3 Å². The molecule has 0 aliphatic carbocycles. The fourth-order valence-electron chi connectivity index (χ4n) is 3.31. The quantitative estimate of drug-likeness (QED) is 0.561. The molecule has 0 aliphatic rings. The molecule has 27 heavy (non-hydrogen) atoms. The summed E-state index contributed by atoms with van der Waals surface area (Å²) in [5.74, 6) is 0. The van der Waals surface area contributed by atoms with Gasteiger partial charge in [0.05, 0.1) is 11.7 Å². The van der Waals surface area contributed by atoms with Gasteiger partial charge in [0, 0.05) is 32.2 Å². The zero-order valence-electron chi connectivity index (χ0n) is 15.6. The van der Waals surface area contributed by atoms with Gasteiger partial charge in [0.25, 0.3) is 0 Å². The van der Waals surface area contributed by atoms with Crippen molar-refractivity contribution in [1.82, 2.24) is 19.1 Å². The first-order valence-electron chi connectivity index (χ1n) is 8.84. The lowest BCUT2D eigenvalue weighted by Crippen LogP contribution is -2.26. The van der Waals surface area contributed by atoms with Crippen LogP contribution in [0.1, 0.15) is 18.5 Å². The SMILES string of the molecule is CC(c1ccccc1)n1c(=O)n(-c2cccc(N(C)C)c2)c2nccnc21. The van der Waals surface area contributed by atoms with Gasteiger partial charge in [-0.05, 0) is 30.7 Å². The number of aromatic nitrogens is 4. The van der Waals surface area contributed by atoms with E-state index >= 15 is 0 Å². The maximum atomic E-state index is 13.4. The van der Waals surface area contributed by atoms with Crippen LogP contribution in [-0.4, -0.2) is 33.2 Å². The van der Waals surface area contributed by atoms with Crippen molar-refractivity contribution in [2.75, 3.05) is 19.0 Å². The van der Waals surface area contributed by atoms with Gasteiger partial charge >= 0.3 is 5.69 Å². The molecule has 0 fully saturated rings. The fourth-order valence-corrected chi connectivity index (χ4v) is 3.31. The van der Waals surface area contributed by atoms with Crippen LogP contribution in [0.5, 0.6) is 0 Å². The number of imidazole rings is 1. The van der Waals surface area contributed by atoms with Crippen molar-refractivity contribution in [2.45, 2.75) is 13.0 Å². The van der Waals surface area contributed by atoms with Gasteiger partial charge in [-0.2, -0.15) is 0 Å². The van der Waals surface area contributed by atoms with Gasteiger partial charge in [-0.15, -0.1) is 0 Å². The van der Waals surface area contributed by atoms with Gasteiger partial charge in [-0.3, -0.25) is 4.57 Å². The van der Waals surface area contributed by atoms with E-state index in [9.17, 15) is 4.79 Å². The third-order valence-electron chi connectivity index (χ3n) is 4.77. The average molecular weight is 359 g/mol. The zero-order valence-corrected chi connectivity index (χ0v) is 15.6. The maximum absolute atomic E-state index is 13.4. The molecular weight excluding hydrogens is 338 g/mol. The molecule has 0 radical (unpaired) electrons. The lowest BCUT2D eigenvalue weighted by atomic mass is 10.1. The van der Waals surface area contributed by atoms with Crippen molar-refractivity contribution in [3.63, 3.8) is 0 Å². The maximum Gasteiger partial charge on any atom is 0.336 e. The smallest absolute Gasteiger partial charge is 0.336 e. The van der Waals surface area contributed by atoms with Crippen molar-refractivity contribution in [2.24, 2.45) is 0 Å². The van der Waals surface area contributed by atoms with E-state index in [1.54, 1.807) is 21.5 Å². The lowest BCUT2D eigenvalue weighted by molar-refractivity contribution is 0.621. The molecule has 0 aliphatic heterocycles. The summed E-state index contributed by atoms with van der Waals surface area (Å²) in [7, 11) is 3.95. The molecule has 1 unspecified atom stereocenters. The number of rotatable bonds is 4. The van der Waals surface area contributed by atoms with Crippen molar-refractivity contribution < 1.29 is 0 Å². The topological polar surface area (TPSA) is 56.0 Å².